The summed E-state index contributed by atoms with van der Waals surface area (Å²) >= 11 is 5.09. The minimum Gasteiger partial charge on any atom is -0.368 e. The first-order valence-electron chi connectivity index (χ1n) is 6.53. The third-order valence-corrected chi connectivity index (χ3v) is 4.60. The smallest absolute Gasteiger partial charge is 0.146 e. The molecule has 5 heteroatoms. The summed E-state index contributed by atoms with van der Waals surface area (Å²) in [6.45, 7) is 4.33. The van der Waals surface area contributed by atoms with Crippen molar-refractivity contribution in [1.82, 2.24) is 5.32 Å². The van der Waals surface area contributed by atoms with Crippen molar-refractivity contribution in [3.05, 3.63) is 50.4 Å². The van der Waals surface area contributed by atoms with Crippen molar-refractivity contribution in [1.29, 1.82) is 0 Å². The van der Waals surface area contributed by atoms with E-state index in [-0.39, 0.29) is 5.82 Å². The summed E-state index contributed by atoms with van der Waals surface area (Å²) in [5.74, 6) is -0.169. The molecule has 20 heavy (non-hydrogen) atoms. The lowest BCUT2D eigenvalue weighted by Crippen LogP contribution is -2.18. The van der Waals surface area contributed by atoms with Crippen LogP contribution in [0.5, 0.6) is 0 Å². The van der Waals surface area contributed by atoms with Gasteiger partial charge in [-0.3, -0.25) is 0 Å². The van der Waals surface area contributed by atoms with E-state index in [0.717, 1.165) is 15.9 Å². The largest absolute Gasteiger partial charge is 0.368 e. The third-order valence-electron chi connectivity index (χ3n) is 3.04. The van der Waals surface area contributed by atoms with Crippen molar-refractivity contribution in [2.24, 2.45) is 0 Å². The highest BCUT2D eigenvalue weighted by Gasteiger charge is 2.09. The number of thiophene rings is 1. The molecule has 0 aliphatic rings. The Hall–Kier alpha value is -0.910. The molecule has 0 bridgehead atoms. The summed E-state index contributed by atoms with van der Waals surface area (Å²) in [7, 11) is 1.91. The van der Waals surface area contributed by atoms with E-state index in [0.29, 0.717) is 18.8 Å². The van der Waals surface area contributed by atoms with Crippen molar-refractivity contribution >= 4 is 33.0 Å². The van der Waals surface area contributed by atoms with Crippen molar-refractivity contribution in [2.45, 2.75) is 20.0 Å². The Morgan fingerprint density at radius 3 is 2.70 bits per heavy atom. The zero-order valence-electron chi connectivity index (χ0n) is 11.6. The molecule has 2 nitrogen and oxygen atoms in total. The van der Waals surface area contributed by atoms with Gasteiger partial charge in [0.2, 0.25) is 0 Å². The highest BCUT2D eigenvalue weighted by molar-refractivity contribution is 9.11. The molecule has 0 aliphatic heterocycles. The molecule has 0 unspecified atom stereocenters. The van der Waals surface area contributed by atoms with Crippen LogP contribution in [-0.4, -0.2) is 13.6 Å². The number of hydrogen-bond donors (Lipinski definition) is 1. The second kappa shape index (κ2) is 7.20. The molecule has 0 amide bonds. The fourth-order valence-corrected chi connectivity index (χ4v) is 3.23. The Balaban J connectivity index is 2.07. The number of anilines is 1. The summed E-state index contributed by atoms with van der Waals surface area (Å²) in [6.07, 6.45) is 0. The molecular formula is C15H18BrFN2S. The maximum Gasteiger partial charge on any atom is 0.146 e. The van der Waals surface area contributed by atoms with Crippen molar-refractivity contribution in [3.63, 3.8) is 0 Å². The first kappa shape index (κ1) is 15.5. The number of hydrogen-bond acceptors (Lipinski definition) is 3. The molecule has 1 heterocycles. The number of halogens is 2. The minimum atomic E-state index is -0.169. The van der Waals surface area contributed by atoms with Crippen LogP contribution in [0.25, 0.3) is 0 Å². The molecule has 1 aromatic heterocycles. The van der Waals surface area contributed by atoms with Crippen LogP contribution in [0, 0.1) is 5.82 Å². The van der Waals surface area contributed by atoms with Gasteiger partial charge in [0.25, 0.3) is 0 Å². The lowest BCUT2D eigenvalue weighted by Gasteiger charge is -2.20. The van der Waals surface area contributed by atoms with E-state index in [1.54, 1.807) is 17.4 Å². The van der Waals surface area contributed by atoms with Gasteiger partial charge in [-0.1, -0.05) is 13.0 Å². The summed E-state index contributed by atoms with van der Waals surface area (Å²) in [6, 6.07) is 7.50. The number of nitrogens with one attached hydrogen (secondary N) is 1. The Kier molecular flexibility index (Phi) is 5.57. The molecule has 0 atom stereocenters. The first-order chi connectivity index (χ1) is 9.60. The SMILES string of the molecule is CCNCc1ccc(N(C)Cc2csc(Br)c2)c(F)c1. The normalized spacial score (nSPS) is 10.8. The van der Waals surface area contributed by atoms with Gasteiger partial charge in [-0.2, -0.15) is 0 Å². The third kappa shape index (κ3) is 4.04. The van der Waals surface area contributed by atoms with Gasteiger partial charge in [0.1, 0.15) is 5.82 Å². The summed E-state index contributed by atoms with van der Waals surface area (Å²) in [5, 5.41) is 5.28. The van der Waals surface area contributed by atoms with Gasteiger partial charge < -0.3 is 10.2 Å². The number of benzene rings is 1. The Morgan fingerprint density at radius 1 is 1.30 bits per heavy atom. The van der Waals surface area contributed by atoms with E-state index in [4.69, 9.17) is 0 Å². The van der Waals surface area contributed by atoms with Crippen LogP contribution in [0.2, 0.25) is 0 Å². The molecular weight excluding hydrogens is 339 g/mol. The van der Waals surface area contributed by atoms with Gasteiger partial charge in [0.15, 0.2) is 0 Å². The van der Waals surface area contributed by atoms with E-state index in [1.807, 2.05) is 31.0 Å². The van der Waals surface area contributed by atoms with Crippen molar-refractivity contribution in [2.75, 3.05) is 18.5 Å². The van der Waals surface area contributed by atoms with Crippen LogP contribution < -0.4 is 10.2 Å². The molecule has 0 aliphatic carbocycles. The maximum atomic E-state index is 14.2. The van der Waals surface area contributed by atoms with E-state index < -0.39 is 0 Å². The van der Waals surface area contributed by atoms with Crippen molar-refractivity contribution < 1.29 is 4.39 Å². The fraction of sp³-hybridized carbons (Fsp3) is 0.333. The van der Waals surface area contributed by atoms with E-state index >= 15 is 0 Å². The molecule has 0 saturated heterocycles. The van der Waals surface area contributed by atoms with Gasteiger partial charge in [-0.15, -0.1) is 11.3 Å². The molecule has 0 radical (unpaired) electrons. The molecule has 2 rings (SSSR count). The lowest BCUT2D eigenvalue weighted by molar-refractivity contribution is 0.616. The van der Waals surface area contributed by atoms with E-state index in [9.17, 15) is 4.39 Å². The standard InChI is InChI=1S/C15H18BrFN2S/c1-3-18-8-11-4-5-14(13(17)6-11)19(2)9-12-7-15(16)20-10-12/h4-7,10,18H,3,8-9H2,1-2H3. The second-order valence-electron chi connectivity index (χ2n) is 4.68. The first-order valence-corrected chi connectivity index (χ1v) is 8.20. The van der Waals surface area contributed by atoms with Crippen LogP contribution in [0.3, 0.4) is 0 Å². The summed E-state index contributed by atoms with van der Waals surface area (Å²) < 4.78 is 15.3. The lowest BCUT2D eigenvalue weighted by atomic mass is 10.1. The van der Waals surface area contributed by atoms with Crippen LogP contribution in [0.4, 0.5) is 10.1 Å². The molecule has 2 aromatic rings. The zero-order chi connectivity index (χ0) is 14.5. The van der Waals surface area contributed by atoms with Crippen molar-refractivity contribution in [3.8, 4) is 0 Å². The van der Waals surface area contributed by atoms with Crippen LogP contribution >= 0.6 is 27.3 Å². The zero-order valence-corrected chi connectivity index (χ0v) is 14.0. The molecule has 0 fully saturated rings. The average molecular weight is 357 g/mol. The highest BCUT2D eigenvalue weighted by atomic mass is 79.9. The maximum absolute atomic E-state index is 14.2. The quantitative estimate of drug-likeness (QED) is 0.825. The fourth-order valence-electron chi connectivity index (χ4n) is 2.03. The van der Waals surface area contributed by atoms with Gasteiger partial charge >= 0.3 is 0 Å². The van der Waals surface area contributed by atoms with Gasteiger partial charge in [0, 0.05) is 20.1 Å². The second-order valence-corrected chi connectivity index (χ2v) is 6.97. The summed E-state index contributed by atoms with van der Waals surface area (Å²) in [4.78, 5) is 1.93. The number of rotatable bonds is 6. The molecule has 1 N–H and O–H groups in total. The van der Waals surface area contributed by atoms with Crippen LogP contribution in [-0.2, 0) is 13.1 Å². The van der Waals surface area contributed by atoms with Crippen LogP contribution in [0.15, 0.2) is 33.4 Å². The monoisotopic (exact) mass is 356 g/mol. The molecule has 1 aromatic carbocycles. The van der Waals surface area contributed by atoms with E-state index in [1.165, 1.54) is 5.56 Å². The van der Waals surface area contributed by atoms with Gasteiger partial charge in [-0.05, 0) is 57.2 Å². The topological polar surface area (TPSA) is 15.3 Å². The Bertz CT molecular complexity index is 571. The number of nitrogens with zero attached hydrogens (tertiary/aromatic N) is 1. The van der Waals surface area contributed by atoms with Gasteiger partial charge in [0.05, 0.1) is 9.47 Å². The summed E-state index contributed by atoms with van der Waals surface area (Å²) in [5.41, 5.74) is 2.79. The molecule has 0 spiro atoms. The predicted octanol–water partition coefficient (Wildman–Crippen LogP) is 4.40. The Morgan fingerprint density at radius 2 is 2.10 bits per heavy atom. The average Bonchev–Trinajstić information content (AvgIpc) is 2.81. The van der Waals surface area contributed by atoms with Gasteiger partial charge in [-0.25, -0.2) is 4.39 Å². The van der Waals surface area contributed by atoms with Crippen LogP contribution in [0.1, 0.15) is 18.1 Å². The highest BCUT2D eigenvalue weighted by Crippen LogP contribution is 2.25. The Labute approximate surface area is 131 Å². The molecule has 0 saturated carbocycles. The molecule has 108 valence electrons. The predicted molar refractivity (Wildman–Crippen MR) is 87.9 cm³/mol. The minimum absolute atomic E-state index is 0.169. The van der Waals surface area contributed by atoms with E-state index in [2.05, 4.69) is 32.7 Å².